The van der Waals surface area contributed by atoms with E-state index in [1.807, 2.05) is 30.3 Å². The molecule has 0 radical (unpaired) electrons. The first-order valence-electron chi connectivity index (χ1n) is 14.5. The van der Waals surface area contributed by atoms with Crippen LogP contribution in [0.1, 0.15) is 63.4 Å². The minimum Gasteiger partial charge on any atom is -0.465 e. The smallest absolute Gasteiger partial charge is 0.408 e. The standard InChI is InChI=1S/C32H43N3O8S/c1-6-41-28(37)20-35(27(36)17-16-25(30(39)42-7-2)34-31(40)43-32(3,4)5)24-15-11-14-23(18-24)29(38)26(21-44)33-19-22-12-9-8-10-13-22/h8-15,18,25-26,33,44H,6-7,16-17,19-21H2,1-5H3,(H,34,40)/t25-,26-/m0/s1. The first-order chi connectivity index (χ1) is 20.9. The highest BCUT2D eigenvalue weighted by molar-refractivity contribution is 7.80. The number of benzene rings is 2. The molecule has 44 heavy (non-hydrogen) atoms. The lowest BCUT2D eigenvalue weighted by Crippen LogP contribution is -2.45. The number of thiol groups is 1. The molecule has 0 saturated carbocycles. The van der Waals surface area contributed by atoms with E-state index < -0.39 is 48.2 Å². The van der Waals surface area contributed by atoms with Crippen molar-refractivity contribution in [3.8, 4) is 0 Å². The quantitative estimate of drug-likeness (QED) is 0.108. The minimum absolute atomic E-state index is 0.0720. The molecule has 0 aliphatic rings. The molecule has 0 bridgehead atoms. The van der Waals surface area contributed by atoms with Gasteiger partial charge in [-0.3, -0.25) is 14.4 Å². The van der Waals surface area contributed by atoms with Crippen LogP contribution < -0.4 is 15.5 Å². The zero-order valence-electron chi connectivity index (χ0n) is 26.0. The van der Waals surface area contributed by atoms with E-state index in [9.17, 15) is 24.0 Å². The van der Waals surface area contributed by atoms with Gasteiger partial charge in [0, 0.05) is 30.0 Å². The second-order valence-electron chi connectivity index (χ2n) is 10.8. The van der Waals surface area contributed by atoms with Gasteiger partial charge in [0.25, 0.3) is 0 Å². The number of ether oxygens (including phenoxy) is 3. The highest BCUT2D eigenvalue weighted by Crippen LogP contribution is 2.20. The Morgan fingerprint density at radius 2 is 1.59 bits per heavy atom. The summed E-state index contributed by atoms with van der Waals surface area (Å²) in [6, 6.07) is 14.2. The zero-order valence-corrected chi connectivity index (χ0v) is 26.9. The van der Waals surface area contributed by atoms with Gasteiger partial charge in [-0.2, -0.15) is 12.6 Å². The van der Waals surface area contributed by atoms with Crippen LogP contribution in [0, 0.1) is 0 Å². The Morgan fingerprint density at radius 1 is 0.909 bits per heavy atom. The fourth-order valence-corrected chi connectivity index (χ4v) is 4.40. The normalized spacial score (nSPS) is 12.4. The third-order valence-electron chi connectivity index (χ3n) is 6.14. The molecule has 0 heterocycles. The molecular weight excluding hydrogens is 586 g/mol. The monoisotopic (exact) mass is 629 g/mol. The Morgan fingerprint density at radius 3 is 2.20 bits per heavy atom. The van der Waals surface area contributed by atoms with Gasteiger partial charge in [-0.15, -0.1) is 0 Å². The Balaban J connectivity index is 2.26. The van der Waals surface area contributed by atoms with Crippen molar-refractivity contribution in [1.29, 1.82) is 0 Å². The van der Waals surface area contributed by atoms with Crippen LogP contribution in [0.4, 0.5) is 10.5 Å². The van der Waals surface area contributed by atoms with E-state index in [1.54, 1.807) is 52.8 Å². The predicted molar refractivity (Wildman–Crippen MR) is 170 cm³/mol. The first-order valence-corrected chi connectivity index (χ1v) is 15.2. The van der Waals surface area contributed by atoms with E-state index in [2.05, 4.69) is 23.3 Å². The van der Waals surface area contributed by atoms with Crippen LogP contribution in [0.3, 0.4) is 0 Å². The van der Waals surface area contributed by atoms with Crippen LogP contribution in [0.2, 0.25) is 0 Å². The summed E-state index contributed by atoms with van der Waals surface area (Å²) in [5.74, 6) is -1.90. The maximum Gasteiger partial charge on any atom is 0.408 e. The van der Waals surface area contributed by atoms with Gasteiger partial charge in [0.05, 0.1) is 19.3 Å². The number of carbonyl (C=O) groups is 5. The van der Waals surface area contributed by atoms with Crippen LogP contribution in [0.15, 0.2) is 54.6 Å². The lowest BCUT2D eigenvalue weighted by Gasteiger charge is -2.25. The lowest BCUT2D eigenvalue weighted by atomic mass is 10.0. The molecule has 0 fully saturated rings. The van der Waals surface area contributed by atoms with E-state index >= 15 is 0 Å². The Kier molecular flexibility index (Phi) is 14.9. The summed E-state index contributed by atoms with van der Waals surface area (Å²) < 4.78 is 15.4. The van der Waals surface area contributed by atoms with Gasteiger partial charge >= 0.3 is 18.0 Å². The number of anilines is 1. The molecular formula is C32H43N3O8S. The molecule has 0 saturated heterocycles. The fraction of sp³-hybridized carbons (Fsp3) is 0.469. The number of nitrogens with one attached hydrogen (secondary N) is 2. The molecule has 2 rings (SSSR count). The zero-order chi connectivity index (χ0) is 32.7. The van der Waals surface area contributed by atoms with Gasteiger partial charge in [0.15, 0.2) is 5.78 Å². The highest BCUT2D eigenvalue weighted by Gasteiger charge is 2.28. The van der Waals surface area contributed by atoms with Crippen molar-refractivity contribution < 1.29 is 38.2 Å². The summed E-state index contributed by atoms with van der Waals surface area (Å²) in [6.45, 7) is 8.54. The van der Waals surface area contributed by atoms with Crippen LogP contribution in [0.25, 0.3) is 0 Å². The number of rotatable bonds is 16. The van der Waals surface area contributed by atoms with E-state index in [0.717, 1.165) is 5.56 Å². The van der Waals surface area contributed by atoms with E-state index in [4.69, 9.17) is 14.2 Å². The summed E-state index contributed by atoms with van der Waals surface area (Å²) >= 11 is 4.36. The van der Waals surface area contributed by atoms with E-state index in [0.29, 0.717) is 17.8 Å². The minimum atomic E-state index is -1.17. The van der Waals surface area contributed by atoms with Gasteiger partial charge < -0.3 is 29.7 Å². The molecule has 12 heteroatoms. The fourth-order valence-electron chi connectivity index (χ4n) is 4.11. The summed E-state index contributed by atoms with van der Waals surface area (Å²) in [5, 5.41) is 5.68. The average molecular weight is 630 g/mol. The van der Waals surface area contributed by atoms with Crippen LogP contribution in [-0.2, 0) is 35.1 Å². The van der Waals surface area contributed by atoms with Gasteiger partial charge in [-0.25, -0.2) is 9.59 Å². The average Bonchev–Trinajstić information content (AvgIpc) is 2.98. The molecule has 11 nitrogen and oxygen atoms in total. The molecule has 0 aromatic heterocycles. The van der Waals surface area contributed by atoms with Crippen LogP contribution in [0.5, 0.6) is 0 Å². The van der Waals surface area contributed by atoms with Gasteiger partial charge in [0.2, 0.25) is 5.91 Å². The maximum absolute atomic E-state index is 13.5. The van der Waals surface area contributed by atoms with Crippen LogP contribution in [-0.4, -0.2) is 72.9 Å². The Hall–Kier alpha value is -3.90. The lowest BCUT2D eigenvalue weighted by molar-refractivity contribution is -0.146. The summed E-state index contributed by atoms with van der Waals surface area (Å²) in [7, 11) is 0. The van der Waals surface area contributed by atoms with Gasteiger partial charge in [-0.05, 0) is 58.7 Å². The number of hydrogen-bond donors (Lipinski definition) is 3. The number of Topliss-reactive ketones (excluding diaryl/α,β-unsaturated/α-hetero) is 1. The highest BCUT2D eigenvalue weighted by atomic mass is 32.1. The predicted octanol–water partition coefficient (Wildman–Crippen LogP) is 4.09. The molecule has 0 unspecified atom stereocenters. The summed E-state index contributed by atoms with van der Waals surface area (Å²) in [6.07, 6.45) is -1.20. The van der Waals surface area contributed by atoms with Crippen molar-refractivity contribution in [3.63, 3.8) is 0 Å². The van der Waals surface area contributed by atoms with Crippen molar-refractivity contribution in [2.45, 2.75) is 71.7 Å². The molecule has 240 valence electrons. The van der Waals surface area contributed by atoms with Crippen molar-refractivity contribution in [2.24, 2.45) is 0 Å². The number of esters is 2. The third-order valence-corrected chi connectivity index (χ3v) is 6.50. The molecule has 0 spiro atoms. The summed E-state index contributed by atoms with van der Waals surface area (Å²) in [5.41, 5.74) is 0.817. The molecule has 2 aromatic rings. The van der Waals surface area contributed by atoms with Crippen LogP contribution >= 0.6 is 12.6 Å². The van der Waals surface area contributed by atoms with Crippen molar-refractivity contribution in [2.75, 3.05) is 30.4 Å². The maximum atomic E-state index is 13.5. The topological polar surface area (TPSA) is 140 Å². The summed E-state index contributed by atoms with van der Waals surface area (Å²) in [4.78, 5) is 65.5. The molecule has 0 aliphatic carbocycles. The number of alkyl carbamates (subject to hydrolysis) is 1. The van der Waals surface area contributed by atoms with E-state index in [1.165, 1.54) is 11.0 Å². The van der Waals surface area contributed by atoms with Crippen molar-refractivity contribution in [1.82, 2.24) is 10.6 Å². The third kappa shape index (κ3) is 12.4. The molecule has 2 atom stereocenters. The Labute approximate surface area is 264 Å². The second kappa shape index (κ2) is 18.0. The van der Waals surface area contributed by atoms with Gasteiger partial charge in [0.1, 0.15) is 18.2 Å². The molecule has 2 aromatic carbocycles. The number of nitrogens with zero attached hydrogens (tertiary/aromatic N) is 1. The second-order valence-corrected chi connectivity index (χ2v) is 11.2. The van der Waals surface area contributed by atoms with Crippen molar-refractivity contribution >= 4 is 48.0 Å². The molecule has 2 N–H and O–H groups in total. The number of amides is 2. The largest absolute Gasteiger partial charge is 0.465 e. The SMILES string of the molecule is CCOC(=O)CN(C(=O)CC[C@H](NC(=O)OC(C)(C)C)C(=O)OCC)c1cccc(C(=O)[C@H](CS)NCc2ccccc2)c1. The molecule has 2 amide bonds. The van der Waals surface area contributed by atoms with Crippen molar-refractivity contribution in [3.05, 3.63) is 65.7 Å². The Bertz CT molecular complexity index is 1270. The number of hydrogen-bond acceptors (Lipinski definition) is 10. The number of carbonyl (C=O) groups excluding carboxylic acids is 5. The number of ketones is 1. The first kappa shape index (κ1) is 36.3. The van der Waals surface area contributed by atoms with E-state index in [-0.39, 0.29) is 37.6 Å². The molecule has 0 aliphatic heterocycles. The van der Waals surface area contributed by atoms with Gasteiger partial charge in [-0.1, -0.05) is 42.5 Å².